The summed E-state index contributed by atoms with van der Waals surface area (Å²) in [7, 11) is -3.83. The van der Waals surface area contributed by atoms with Crippen LogP contribution in [0.5, 0.6) is 0 Å². The zero-order valence-electron chi connectivity index (χ0n) is 9.29. The van der Waals surface area contributed by atoms with Crippen molar-refractivity contribution in [1.29, 1.82) is 5.26 Å². The predicted octanol–water partition coefficient (Wildman–Crippen LogP) is -0.692. The van der Waals surface area contributed by atoms with Crippen molar-refractivity contribution in [3.05, 3.63) is 0 Å². The molecule has 0 aromatic heterocycles. The Balaban J connectivity index is 2.78. The van der Waals surface area contributed by atoms with E-state index in [1.807, 2.05) is 0 Å². The summed E-state index contributed by atoms with van der Waals surface area (Å²) in [6.07, 6.45) is 0.150. The summed E-state index contributed by atoms with van der Waals surface area (Å²) in [6, 6.07) is 0.866. The van der Waals surface area contributed by atoms with Gasteiger partial charge in [0.05, 0.1) is 31.2 Å². The Hall–Kier alpha value is -1.17. The van der Waals surface area contributed by atoms with Gasteiger partial charge in [-0.1, -0.05) is 6.92 Å². The second-order valence-electron chi connectivity index (χ2n) is 3.78. The van der Waals surface area contributed by atoms with Crippen molar-refractivity contribution >= 4 is 16.0 Å². The quantitative estimate of drug-likeness (QED) is 0.677. The Morgan fingerprint density at radius 2 is 2.29 bits per heavy atom. The number of nitriles is 1. The first-order valence-electron chi connectivity index (χ1n) is 5.13. The van der Waals surface area contributed by atoms with E-state index in [9.17, 15) is 13.2 Å². The SMILES string of the molecule is CCC(C#N)S(=O)(=O)NC1COCC1C(=O)O. The van der Waals surface area contributed by atoms with E-state index in [4.69, 9.17) is 15.1 Å². The summed E-state index contributed by atoms with van der Waals surface area (Å²) in [6.45, 7) is 1.57. The highest BCUT2D eigenvalue weighted by Gasteiger charge is 2.38. The molecule has 1 heterocycles. The van der Waals surface area contributed by atoms with Gasteiger partial charge in [-0.2, -0.15) is 5.26 Å². The van der Waals surface area contributed by atoms with E-state index in [0.717, 1.165) is 0 Å². The van der Waals surface area contributed by atoms with Crippen molar-refractivity contribution in [1.82, 2.24) is 4.72 Å². The molecule has 0 aromatic rings. The maximum absolute atomic E-state index is 11.7. The summed E-state index contributed by atoms with van der Waals surface area (Å²) in [5.41, 5.74) is 0. The molecule has 0 bridgehead atoms. The standard InChI is InChI=1S/C9H14N2O5S/c1-2-6(3-10)17(14,15)11-8-5-16-4-7(8)9(12)13/h6-8,11H,2,4-5H2,1H3,(H,12,13). The molecule has 2 N–H and O–H groups in total. The van der Waals surface area contributed by atoms with E-state index in [0.29, 0.717) is 0 Å². The van der Waals surface area contributed by atoms with Gasteiger partial charge in [-0.3, -0.25) is 4.79 Å². The van der Waals surface area contributed by atoms with Gasteiger partial charge < -0.3 is 9.84 Å². The minimum atomic E-state index is -3.83. The average Bonchev–Trinajstić information content (AvgIpc) is 2.66. The number of hydrogen-bond acceptors (Lipinski definition) is 5. The monoisotopic (exact) mass is 262 g/mol. The van der Waals surface area contributed by atoms with E-state index in [-0.39, 0.29) is 19.6 Å². The lowest BCUT2D eigenvalue weighted by molar-refractivity contribution is -0.142. The molecule has 1 aliphatic rings. The minimum absolute atomic E-state index is 0.0120. The van der Waals surface area contributed by atoms with E-state index in [1.54, 1.807) is 13.0 Å². The van der Waals surface area contributed by atoms with Crippen molar-refractivity contribution in [2.45, 2.75) is 24.6 Å². The number of carboxylic acid groups (broad SMARTS) is 1. The molecule has 3 unspecified atom stereocenters. The van der Waals surface area contributed by atoms with Crippen LogP contribution in [0.1, 0.15) is 13.3 Å². The van der Waals surface area contributed by atoms with E-state index in [1.165, 1.54) is 0 Å². The predicted molar refractivity (Wildman–Crippen MR) is 57.5 cm³/mol. The molecule has 96 valence electrons. The third kappa shape index (κ3) is 3.15. The Labute approximate surface area is 99.4 Å². The lowest BCUT2D eigenvalue weighted by Crippen LogP contribution is -2.45. The number of carbonyl (C=O) groups is 1. The number of aliphatic carboxylic acids is 1. The van der Waals surface area contributed by atoms with Crippen LogP contribution in [-0.2, 0) is 19.6 Å². The Bertz CT molecular complexity index is 427. The molecule has 0 spiro atoms. The van der Waals surface area contributed by atoms with E-state index in [2.05, 4.69) is 4.72 Å². The van der Waals surface area contributed by atoms with Gasteiger partial charge in [-0.15, -0.1) is 0 Å². The second kappa shape index (κ2) is 5.44. The van der Waals surface area contributed by atoms with Crippen LogP contribution >= 0.6 is 0 Å². The highest BCUT2D eigenvalue weighted by molar-refractivity contribution is 7.90. The molecular weight excluding hydrogens is 248 g/mol. The van der Waals surface area contributed by atoms with Gasteiger partial charge in [0.1, 0.15) is 0 Å². The summed E-state index contributed by atoms with van der Waals surface area (Å²) < 4.78 is 30.6. The van der Waals surface area contributed by atoms with Gasteiger partial charge in [0, 0.05) is 0 Å². The number of ether oxygens (including phenoxy) is 1. The van der Waals surface area contributed by atoms with Gasteiger partial charge in [0.25, 0.3) is 0 Å². The fourth-order valence-electron chi connectivity index (χ4n) is 1.59. The highest BCUT2D eigenvalue weighted by Crippen LogP contribution is 2.16. The summed E-state index contributed by atoms with van der Waals surface area (Å²) >= 11 is 0. The number of hydrogen-bond donors (Lipinski definition) is 2. The number of nitrogens with one attached hydrogen (secondary N) is 1. The van der Waals surface area contributed by atoms with Crippen molar-refractivity contribution in [3.8, 4) is 6.07 Å². The Kier molecular flexibility index (Phi) is 4.45. The molecule has 1 aliphatic heterocycles. The maximum atomic E-state index is 11.7. The van der Waals surface area contributed by atoms with Crippen LogP contribution in [0.15, 0.2) is 0 Å². The van der Waals surface area contributed by atoms with Crippen LogP contribution in [0.2, 0.25) is 0 Å². The zero-order valence-corrected chi connectivity index (χ0v) is 10.1. The van der Waals surface area contributed by atoms with Crippen molar-refractivity contribution in [2.75, 3.05) is 13.2 Å². The molecule has 3 atom stereocenters. The van der Waals surface area contributed by atoms with E-state index >= 15 is 0 Å². The maximum Gasteiger partial charge on any atom is 0.310 e. The molecule has 0 amide bonds. The fraction of sp³-hybridized carbons (Fsp3) is 0.778. The van der Waals surface area contributed by atoms with Crippen LogP contribution in [0.3, 0.4) is 0 Å². The van der Waals surface area contributed by atoms with Gasteiger partial charge in [0.15, 0.2) is 5.25 Å². The van der Waals surface area contributed by atoms with Crippen molar-refractivity contribution < 1.29 is 23.1 Å². The number of rotatable bonds is 5. The summed E-state index contributed by atoms with van der Waals surface area (Å²) in [5.74, 6) is -2.01. The fourth-order valence-corrected chi connectivity index (χ4v) is 2.98. The lowest BCUT2D eigenvalue weighted by Gasteiger charge is -2.17. The van der Waals surface area contributed by atoms with Crippen LogP contribution in [-0.4, -0.2) is 44.0 Å². The molecule has 1 fully saturated rings. The van der Waals surface area contributed by atoms with Crippen molar-refractivity contribution in [3.63, 3.8) is 0 Å². The van der Waals surface area contributed by atoms with Crippen LogP contribution < -0.4 is 4.72 Å². The smallest absolute Gasteiger partial charge is 0.310 e. The largest absolute Gasteiger partial charge is 0.481 e. The normalized spacial score (nSPS) is 26.4. The van der Waals surface area contributed by atoms with Crippen molar-refractivity contribution in [2.24, 2.45) is 5.92 Å². The number of carboxylic acids is 1. The molecule has 1 saturated heterocycles. The average molecular weight is 262 g/mol. The molecule has 1 rings (SSSR count). The van der Waals surface area contributed by atoms with Crippen LogP contribution in [0.4, 0.5) is 0 Å². The zero-order chi connectivity index (χ0) is 13.1. The first kappa shape index (κ1) is 13.9. The van der Waals surface area contributed by atoms with E-state index < -0.39 is 33.2 Å². The highest BCUT2D eigenvalue weighted by atomic mass is 32.2. The van der Waals surface area contributed by atoms with Crippen LogP contribution in [0, 0.1) is 17.2 Å². The third-order valence-electron chi connectivity index (χ3n) is 2.60. The lowest BCUT2D eigenvalue weighted by atomic mass is 10.1. The molecule has 0 radical (unpaired) electrons. The molecule has 8 heteroatoms. The third-order valence-corrected chi connectivity index (χ3v) is 4.42. The molecule has 0 aliphatic carbocycles. The topological polar surface area (TPSA) is 116 Å². The summed E-state index contributed by atoms with van der Waals surface area (Å²) in [5, 5.41) is 16.4. The van der Waals surface area contributed by atoms with Gasteiger partial charge in [-0.05, 0) is 6.42 Å². The summed E-state index contributed by atoms with van der Waals surface area (Å²) in [4.78, 5) is 10.8. The number of nitrogens with zero attached hydrogens (tertiary/aromatic N) is 1. The van der Waals surface area contributed by atoms with Gasteiger partial charge in [-0.25, -0.2) is 13.1 Å². The molecule has 0 aromatic carbocycles. The second-order valence-corrected chi connectivity index (χ2v) is 5.67. The first-order chi connectivity index (χ1) is 7.92. The molecule has 7 nitrogen and oxygen atoms in total. The van der Waals surface area contributed by atoms with Crippen LogP contribution in [0.25, 0.3) is 0 Å². The minimum Gasteiger partial charge on any atom is -0.481 e. The molecule has 0 saturated carbocycles. The van der Waals surface area contributed by atoms with Gasteiger partial charge in [0.2, 0.25) is 10.0 Å². The molecular formula is C9H14N2O5S. The Morgan fingerprint density at radius 1 is 1.65 bits per heavy atom. The Morgan fingerprint density at radius 3 is 2.76 bits per heavy atom. The molecule has 17 heavy (non-hydrogen) atoms. The first-order valence-corrected chi connectivity index (χ1v) is 6.68. The van der Waals surface area contributed by atoms with Gasteiger partial charge >= 0.3 is 5.97 Å². The number of sulfonamides is 1.